The van der Waals surface area contributed by atoms with Gasteiger partial charge in [-0.2, -0.15) is 9.97 Å². The number of nitrogens with one attached hydrogen (secondary N) is 3. The zero-order chi connectivity index (χ0) is 28.7. The van der Waals surface area contributed by atoms with Crippen molar-refractivity contribution in [2.24, 2.45) is 5.92 Å². The maximum atomic E-state index is 12.2. The van der Waals surface area contributed by atoms with E-state index >= 15 is 0 Å². The number of likely N-dealkylation sites (tertiary alicyclic amines) is 1. The number of hydrogen-bond donors (Lipinski definition) is 4. The SMILES string of the molecule is C=C1Nc2c(N)nc(OCCCC)nc2N1Cc1ccc(CN2CCC(CCNC(=O)C(C)(C)NC)CC2)cc1. The summed E-state index contributed by atoms with van der Waals surface area (Å²) in [4.78, 5) is 25.7. The molecule has 0 atom stereocenters. The zero-order valence-corrected chi connectivity index (χ0v) is 24.6. The molecule has 0 unspecified atom stereocenters. The molecule has 1 amide bonds. The number of likely N-dealkylation sites (N-methyl/N-ethyl adjacent to an activating group) is 1. The lowest BCUT2D eigenvalue weighted by atomic mass is 9.93. The quantitative estimate of drug-likeness (QED) is 0.276. The van der Waals surface area contributed by atoms with Crippen LogP contribution in [0.1, 0.15) is 64.0 Å². The Balaban J connectivity index is 1.25. The topological polar surface area (TPSA) is 121 Å². The fourth-order valence-electron chi connectivity index (χ4n) is 4.99. The molecule has 10 heteroatoms. The van der Waals surface area contributed by atoms with Gasteiger partial charge in [-0.1, -0.05) is 44.2 Å². The number of anilines is 3. The van der Waals surface area contributed by atoms with Crippen molar-refractivity contribution in [1.82, 2.24) is 25.5 Å². The number of benzene rings is 1. The highest BCUT2D eigenvalue weighted by molar-refractivity contribution is 5.85. The fraction of sp³-hybridized carbons (Fsp3) is 0.567. The summed E-state index contributed by atoms with van der Waals surface area (Å²) < 4.78 is 5.72. The van der Waals surface area contributed by atoms with Gasteiger partial charge in [0.05, 0.1) is 18.7 Å². The Labute approximate surface area is 238 Å². The molecule has 1 aromatic carbocycles. The molecule has 2 aromatic rings. The summed E-state index contributed by atoms with van der Waals surface area (Å²) in [6.07, 6.45) is 5.35. The van der Waals surface area contributed by atoms with E-state index in [1.807, 2.05) is 25.8 Å². The van der Waals surface area contributed by atoms with Gasteiger partial charge >= 0.3 is 6.01 Å². The minimum Gasteiger partial charge on any atom is -0.463 e. The smallest absolute Gasteiger partial charge is 0.320 e. The number of aromatic nitrogens is 2. The van der Waals surface area contributed by atoms with Crippen molar-refractivity contribution in [1.29, 1.82) is 0 Å². The van der Waals surface area contributed by atoms with Crippen LogP contribution in [0.25, 0.3) is 0 Å². The third kappa shape index (κ3) is 7.42. The lowest BCUT2D eigenvalue weighted by Crippen LogP contribution is -2.51. The molecular weight excluding hydrogens is 504 g/mol. The summed E-state index contributed by atoms with van der Waals surface area (Å²) >= 11 is 0. The van der Waals surface area contributed by atoms with Crippen LogP contribution in [0.15, 0.2) is 36.7 Å². The lowest BCUT2D eigenvalue weighted by Gasteiger charge is -2.32. The van der Waals surface area contributed by atoms with Gasteiger partial charge in [-0.15, -0.1) is 0 Å². The Morgan fingerprint density at radius 3 is 2.50 bits per heavy atom. The van der Waals surface area contributed by atoms with Gasteiger partial charge in [-0.05, 0) is 76.7 Å². The molecule has 2 aliphatic heterocycles. The summed E-state index contributed by atoms with van der Waals surface area (Å²) in [6, 6.07) is 9.06. The van der Waals surface area contributed by atoms with E-state index in [0.29, 0.717) is 42.4 Å². The lowest BCUT2D eigenvalue weighted by molar-refractivity contribution is -0.126. The van der Waals surface area contributed by atoms with Gasteiger partial charge in [0.25, 0.3) is 0 Å². The first-order chi connectivity index (χ1) is 19.2. The van der Waals surface area contributed by atoms with E-state index in [2.05, 4.69) is 68.6 Å². The number of nitrogen functional groups attached to an aromatic ring is 1. The molecule has 5 N–H and O–H groups in total. The van der Waals surface area contributed by atoms with E-state index < -0.39 is 5.54 Å². The normalized spacial score (nSPS) is 16.1. The minimum atomic E-state index is -0.530. The van der Waals surface area contributed by atoms with Crippen LogP contribution < -0.4 is 31.3 Å². The molecule has 3 heterocycles. The van der Waals surface area contributed by atoms with Gasteiger partial charge in [0.1, 0.15) is 11.5 Å². The van der Waals surface area contributed by atoms with E-state index in [1.54, 1.807) is 0 Å². The predicted octanol–water partition coefficient (Wildman–Crippen LogP) is 3.86. The van der Waals surface area contributed by atoms with Crippen LogP contribution in [0, 0.1) is 5.92 Å². The number of rotatable bonds is 13. The Kier molecular flexibility index (Phi) is 9.86. The van der Waals surface area contributed by atoms with E-state index in [0.717, 1.165) is 56.8 Å². The highest BCUT2D eigenvalue weighted by atomic mass is 16.5. The van der Waals surface area contributed by atoms with Gasteiger partial charge in [0.2, 0.25) is 5.91 Å². The second kappa shape index (κ2) is 13.3. The first kappa shape index (κ1) is 29.6. The van der Waals surface area contributed by atoms with Crippen molar-refractivity contribution in [2.45, 2.75) is 71.5 Å². The second-order valence-electron chi connectivity index (χ2n) is 11.4. The Morgan fingerprint density at radius 1 is 1.18 bits per heavy atom. The number of carbonyl (C=O) groups excluding carboxylic acids is 1. The molecular formula is C30H46N8O2. The van der Waals surface area contributed by atoms with E-state index in [-0.39, 0.29) is 5.91 Å². The summed E-state index contributed by atoms with van der Waals surface area (Å²) in [5, 5.41) is 9.36. The number of hydrogen-bond acceptors (Lipinski definition) is 9. The molecule has 1 saturated heterocycles. The van der Waals surface area contributed by atoms with Gasteiger partial charge in [0, 0.05) is 13.1 Å². The average Bonchev–Trinajstić information content (AvgIpc) is 3.26. The molecule has 4 rings (SSSR count). The molecule has 40 heavy (non-hydrogen) atoms. The van der Waals surface area contributed by atoms with Crippen LogP contribution in [0.5, 0.6) is 6.01 Å². The summed E-state index contributed by atoms with van der Waals surface area (Å²) in [5.74, 6) is 2.50. The molecule has 10 nitrogen and oxygen atoms in total. The number of amides is 1. The number of carbonyl (C=O) groups is 1. The largest absolute Gasteiger partial charge is 0.463 e. The molecule has 218 valence electrons. The number of nitrogens with two attached hydrogens (primary N) is 1. The summed E-state index contributed by atoms with van der Waals surface area (Å²) in [5.41, 5.74) is 8.80. The van der Waals surface area contributed by atoms with Crippen LogP contribution in [-0.4, -0.2) is 59.6 Å². The van der Waals surface area contributed by atoms with Crippen LogP contribution in [0.3, 0.4) is 0 Å². The number of ether oxygens (including phenoxy) is 1. The van der Waals surface area contributed by atoms with Crippen LogP contribution in [0.2, 0.25) is 0 Å². The van der Waals surface area contributed by atoms with Crippen molar-refractivity contribution in [2.75, 3.05) is 49.2 Å². The average molecular weight is 551 g/mol. The number of unbranched alkanes of at least 4 members (excludes halogenated alkanes) is 1. The van der Waals surface area contributed by atoms with Crippen molar-refractivity contribution in [3.63, 3.8) is 0 Å². The maximum Gasteiger partial charge on any atom is 0.320 e. The van der Waals surface area contributed by atoms with E-state index in [1.165, 1.54) is 18.4 Å². The highest BCUT2D eigenvalue weighted by Gasteiger charge is 2.29. The highest BCUT2D eigenvalue weighted by Crippen LogP contribution is 2.39. The number of fused-ring (bicyclic) bond motifs is 1. The van der Waals surface area contributed by atoms with Gasteiger partial charge < -0.3 is 31.3 Å². The Hall–Kier alpha value is -3.37. The standard InChI is InChI=1S/C30H46N8O2/c1-6-7-18-40-29-35-26(31)25-27(36-29)38(21(2)34-25)20-24-10-8-23(9-11-24)19-37-16-13-22(14-17-37)12-15-33-28(39)30(3,4)32-5/h8-11,22,32,34H,2,6-7,12-20H2,1,3-5H3,(H,33,39)(H2,31,35,36). The first-order valence-corrected chi connectivity index (χ1v) is 14.5. The second-order valence-corrected chi connectivity index (χ2v) is 11.4. The number of nitrogens with zero attached hydrogens (tertiary/aromatic N) is 4. The molecule has 0 radical (unpaired) electrons. The van der Waals surface area contributed by atoms with Crippen molar-refractivity contribution >= 4 is 23.2 Å². The van der Waals surface area contributed by atoms with Gasteiger partial charge in [0.15, 0.2) is 11.6 Å². The Bertz CT molecular complexity index is 1160. The Morgan fingerprint density at radius 2 is 1.85 bits per heavy atom. The van der Waals surface area contributed by atoms with Gasteiger partial charge in [-0.25, -0.2) is 0 Å². The third-order valence-corrected chi connectivity index (χ3v) is 7.99. The predicted molar refractivity (Wildman–Crippen MR) is 161 cm³/mol. The molecule has 0 saturated carbocycles. The summed E-state index contributed by atoms with van der Waals surface area (Å²) in [6.45, 7) is 15.1. The molecule has 0 aliphatic carbocycles. The van der Waals surface area contributed by atoms with E-state index in [4.69, 9.17) is 10.5 Å². The van der Waals surface area contributed by atoms with Crippen molar-refractivity contribution in [3.05, 3.63) is 47.8 Å². The zero-order valence-electron chi connectivity index (χ0n) is 24.6. The minimum absolute atomic E-state index is 0.0592. The fourth-order valence-corrected chi connectivity index (χ4v) is 4.99. The number of piperidine rings is 1. The molecule has 1 fully saturated rings. The van der Waals surface area contributed by atoms with Crippen LogP contribution >= 0.6 is 0 Å². The molecule has 0 bridgehead atoms. The maximum absolute atomic E-state index is 12.2. The first-order valence-electron chi connectivity index (χ1n) is 14.5. The molecule has 1 aromatic heterocycles. The molecule has 0 spiro atoms. The van der Waals surface area contributed by atoms with Gasteiger partial charge in [-0.3, -0.25) is 9.69 Å². The third-order valence-electron chi connectivity index (χ3n) is 7.99. The monoisotopic (exact) mass is 550 g/mol. The van der Waals surface area contributed by atoms with Crippen molar-refractivity contribution in [3.8, 4) is 6.01 Å². The summed E-state index contributed by atoms with van der Waals surface area (Å²) in [7, 11) is 1.82. The van der Waals surface area contributed by atoms with Crippen molar-refractivity contribution < 1.29 is 9.53 Å². The molecule has 2 aliphatic rings. The van der Waals surface area contributed by atoms with Crippen LogP contribution in [0.4, 0.5) is 17.3 Å². The van der Waals surface area contributed by atoms with E-state index in [9.17, 15) is 4.79 Å². The van der Waals surface area contributed by atoms with Crippen LogP contribution in [-0.2, 0) is 17.9 Å².